The highest BCUT2D eigenvalue weighted by Gasteiger charge is 2.07. The molecule has 1 aromatic carbocycles. The summed E-state index contributed by atoms with van der Waals surface area (Å²) in [6.07, 6.45) is 2.71. The summed E-state index contributed by atoms with van der Waals surface area (Å²) in [5.74, 6) is -0.0388. The van der Waals surface area contributed by atoms with Crippen molar-refractivity contribution in [1.82, 2.24) is 14.9 Å². The SMILES string of the molecule is CCCNC(=O)CCn1cnc2c(C)cccc2c1=O. The molecule has 0 aliphatic rings. The summed E-state index contributed by atoms with van der Waals surface area (Å²) in [6.45, 7) is 4.95. The number of rotatable bonds is 5. The highest BCUT2D eigenvalue weighted by atomic mass is 16.1. The molecule has 1 heterocycles. The van der Waals surface area contributed by atoms with E-state index in [1.54, 1.807) is 6.07 Å². The van der Waals surface area contributed by atoms with Gasteiger partial charge >= 0.3 is 0 Å². The number of hydrogen-bond acceptors (Lipinski definition) is 3. The molecule has 5 nitrogen and oxygen atoms in total. The number of nitrogens with zero attached hydrogens (tertiary/aromatic N) is 2. The molecule has 0 aliphatic carbocycles. The summed E-state index contributed by atoms with van der Waals surface area (Å²) in [5, 5.41) is 3.39. The van der Waals surface area contributed by atoms with E-state index in [4.69, 9.17) is 0 Å². The van der Waals surface area contributed by atoms with Gasteiger partial charge in [-0.15, -0.1) is 0 Å². The normalized spacial score (nSPS) is 10.7. The van der Waals surface area contributed by atoms with Crippen LogP contribution in [0.3, 0.4) is 0 Å². The fourth-order valence-electron chi connectivity index (χ4n) is 2.07. The number of nitrogens with one attached hydrogen (secondary N) is 1. The third-order valence-electron chi connectivity index (χ3n) is 3.21. The number of amides is 1. The lowest BCUT2D eigenvalue weighted by Crippen LogP contribution is -2.28. The predicted molar refractivity (Wildman–Crippen MR) is 78.7 cm³/mol. The Balaban J connectivity index is 2.18. The molecule has 0 saturated heterocycles. The third-order valence-corrected chi connectivity index (χ3v) is 3.21. The standard InChI is InChI=1S/C15H19N3O2/c1-3-8-16-13(19)7-9-18-10-17-14-11(2)5-4-6-12(14)15(18)20/h4-6,10H,3,7-9H2,1-2H3,(H,16,19). The summed E-state index contributed by atoms with van der Waals surface area (Å²) in [7, 11) is 0. The van der Waals surface area contributed by atoms with Crippen molar-refractivity contribution in [2.45, 2.75) is 33.2 Å². The van der Waals surface area contributed by atoms with Gasteiger partial charge in [0.05, 0.1) is 17.2 Å². The van der Waals surface area contributed by atoms with Gasteiger partial charge in [-0.2, -0.15) is 0 Å². The Hall–Kier alpha value is -2.17. The Labute approximate surface area is 117 Å². The third kappa shape index (κ3) is 3.04. The van der Waals surface area contributed by atoms with Gasteiger partial charge in [-0.05, 0) is 25.0 Å². The molecule has 1 aromatic heterocycles. The van der Waals surface area contributed by atoms with Crippen molar-refractivity contribution >= 4 is 16.8 Å². The highest BCUT2D eigenvalue weighted by Crippen LogP contribution is 2.11. The Bertz CT molecular complexity index is 676. The smallest absolute Gasteiger partial charge is 0.261 e. The lowest BCUT2D eigenvalue weighted by atomic mass is 10.1. The number of hydrogen-bond donors (Lipinski definition) is 1. The molecule has 1 amide bonds. The largest absolute Gasteiger partial charge is 0.356 e. The van der Waals surface area contributed by atoms with Crippen molar-refractivity contribution < 1.29 is 4.79 Å². The van der Waals surface area contributed by atoms with Gasteiger partial charge in [0.25, 0.3) is 5.56 Å². The summed E-state index contributed by atoms with van der Waals surface area (Å²) >= 11 is 0. The Morgan fingerprint density at radius 2 is 2.20 bits per heavy atom. The topological polar surface area (TPSA) is 64.0 Å². The fraction of sp³-hybridized carbons (Fsp3) is 0.400. The molecule has 5 heteroatoms. The monoisotopic (exact) mass is 273 g/mol. The fourth-order valence-corrected chi connectivity index (χ4v) is 2.07. The minimum absolute atomic E-state index is 0.0388. The first kappa shape index (κ1) is 14.2. The molecule has 106 valence electrons. The molecule has 0 fully saturated rings. The molecular weight excluding hydrogens is 254 g/mol. The van der Waals surface area contributed by atoms with Gasteiger partial charge in [0.2, 0.25) is 5.91 Å². The van der Waals surface area contributed by atoms with Crippen LogP contribution in [0.25, 0.3) is 10.9 Å². The number of carbonyl (C=O) groups is 1. The number of benzene rings is 1. The van der Waals surface area contributed by atoms with Crippen LogP contribution in [-0.4, -0.2) is 22.0 Å². The van der Waals surface area contributed by atoms with Gasteiger partial charge in [0.1, 0.15) is 0 Å². The first-order valence-electron chi connectivity index (χ1n) is 6.85. The lowest BCUT2D eigenvalue weighted by molar-refractivity contribution is -0.121. The Morgan fingerprint density at radius 1 is 1.40 bits per heavy atom. The second-order valence-corrected chi connectivity index (χ2v) is 4.81. The van der Waals surface area contributed by atoms with E-state index in [1.165, 1.54) is 10.9 Å². The average molecular weight is 273 g/mol. The lowest BCUT2D eigenvalue weighted by Gasteiger charge is -2.08. The van der Waals surface area contributed by atoms with Crippen molar-refractivity contribution in [2.75, 3.05) is 6.54 Å². The van der Waals surface area contributed by atoms with Crippen LogP contribution in [0.15, 0.2) is 29.3 Å². The van der Waals surface area contributed by atoms with Gasteiger partial charge in [-0.1, -0.05) is 19.1 Å². The molecule has 1 N–H and O–H groups in total. The van der Waals surface area contributed by atoms with E-state index >= 15 is 0 Å². The van der Waals surface area contributed by atoms with Gasteiger partial charge in [0.15, 0.2) is 0 Å². The first-order chi connectivity index (χ1) is 9.63. The van der Waals surface area contributed by atoms with E-state index in [-0.39, 0.29) is 11.5 Å². The molecule has 2 rings (SSSR count). The van der Waals surface area contributed by atoms with Gasteiger partial charge < -0.3 is 5.32 Å². The number of aryl methyl sites for hydroxylation is 2. The van der Waals surface area contributed by atoms with E-state index in [1.807, 2.05) is 26.0 Å². The van der Waals surface area contributed by atoms with E-state index in [0.29, 0.717) is 24.9 Å². The number of para-hydroxylation sites is 1. The van der Waals surface area contributed by atoms with E-state index in [0.717, 1.165) is 17.5 Å². The summed E-state index contributed by atoms with van der Waals surface area (Å²) in [6, 6.07) is 5.54. The van der Waals surface area contributed by atoms with Crippen LogP contribution in [0.1, 0.15) is 25.3 Å². The van der Waals surface area contributed by atoms with Gasteiger partial charge in [0, 0.05) is 19.5 Å². The quantitative estimate of drug-likeness (QED) is 0.900. The summed E-state index contributed by atoms with van der Waals surface area (Å²) in [4.78, 5) is 28.2. The average Bonchev–Trinajstić information content (AvgIpc) is 2.45. The van der Waals surface area contributed by atoms with Crippen LogP contribution in [0.5, 0.6) is 0 Å². The minimum Gasteiger partial charge on any atom is -0.356 e. The molecule has 0 spiro atoms. The maximum Gasteiger partial charge on any atom is 0.261 e. The summed E-state index contributed by atoms with van der Waals surface area (Å²) < 4.78 is 1.49. The van der Waals surface area contributed by atoms with E-state index < -0.39 is 0 Å². The van der Waals surface area contributed by atoms with Crippen molar-refractivity contribution in [3.05, 3.63) is 40.4 Å². The molecule has 0 unspecified atom stereocenters. The highest BCUT2D eigenvalue weighted by molar-refractivity contribution is 5.80. The number of aromatic nitrogens is 2. The van der Waals surface area contributed by atoms with E-state index in [2.05, 4.69) is 10.3 Å². The Kier molecular flexibility index (Phi) is 4.50. The molecule has 0 aliphatic heterocycles. The molecule has 20 heavy (non-hydrogen) atoms. The molecule has 0 atom stereocenters. The molecule has 0 radical (unpaired) electrons. The van der Waals surface area contributed by atoms with Crippen molar-refractivity contribution in [1.29, 1.82) is 0 Å². The Morgan fingerprint density at radius 3 is 2.95 bits per heavy atom. The van der Waals surface area contributed by atoms with Crippen LogP contribution in [0.2, 0.25) is 0 Å². The zero-order valence-electron chi connectivity index (χ0n) is 11.8. The van der Waals surface area contributed by atoms with Crippen LogP contribution in [0, 0.1) is 6.92 Å². The van der Waals surface area contributed by atoms with Gasteiger partial charge in [-0.25, -0.2) is 4.98 Å². The second kappa shape index (κ2) is 6.32. The van der Waals surface area contributed by atoms with Crippen LogP contribution < -0.4 is 10.9 Å². The van der Waals surface area contributed by atoms with Crippen LogP contribution in [0.4, 0.5) is 0 Å². The predicted octanol–water partition coefficient (Wildman–Crippen LogP) is 1.62. The maximum absolute atomic E-state index is 12.3. The molecular formula is C15H19N3O2. The first-order valence-corrected chi connectivity index (χ1v) is 6.85. The van der Waals surface area contributed by atoms with E-state index in [9.17, 15) is 9.59 Å². The second-order valence-electron chi connectivity index (χ2n) is 4.81. The summed E-state index contributed by atoms with van der Waals surface area (Å²) in [5.41, 5.74) is 1.61. The zero-order chi connectivity index (χ0) is 14.5. The molecule has 2 aromatic rings. The van der Waals surface area contributed by atoms with Crippen LogP contribution in [-0.2, 0) is 11.3 Å². The maximum atomic E-state index is 12.3. The number of fused-ring (bicyclic) bond motifs is 1. The van der Waals surface area contributed by atoms with Gasteiger partial charge in [-0.3, -0.25) is 14.2 Å². The van der Waals surface area contributed by atoms with Crippen molar-refractivity contribution in [2.24, 2.45) is 0 Å². The van der Waals surface area contributed by atoms with Crippen molar-refractivity contribution in [3.63, 3.8) is 0 Å². The minimum atomic E-state index is -0.0954. The van der Waals surface area contributed by atoms with Crippen LogP contribution >= 0.6 is 0 Å². The number of carbonyl (C=O) groups excluding carboxylic acids is 1. The van der Waals surface area contributed by atoms with Crippen molar-refractivity contribution in [3.8, 4) is 0 Å². The zero-order valence-corrected chi connectivity index (χ0v) is 11.8. The molecule has 0 saturated carbocycles. The molecule has 0 bridgehead atoms.